The van der Waals surface area contributed by atoms with E-state index in [1.54, 1.807) is 6.07 Å². The van der Waals surface area contributed by atoms with Crippen LogP contribution in [0.15, 0.2) is 18.2 Å². The molecule has 1 N–H and O–H groups in total. The Kier molecular flexibility index (Phi) is 6.66. The standard InChI is InChI=1S/C15H23ClFN/c1-4-7-18-10-12(3)11(2)8-13-5-6-14(17)9-15(13)16/h5-6,9,11-12,18H,4,7-8,10H2,1-3H3. The van der Waals surface area contributed by atoms with E-state index < -0.39 is 0 Å². The Balaban J connectivity index is 2.50. The molecule has 18 heavy (non-hydrogen) atoms. The van der Waals surface area contributed by atoms with Crippen LogP contribution in [0.3, 0.4) is 0 Å². The van der Waals surface area contributed by atoms with Crippen molar-refractivity contribution in [2.45, 2.75) is 33.6 Å². The van der Waals surface area contributed by atoms with Crippen molar-refractivity contribution in [3.8, 4) is 0 Å². The van der Waals surface area contributed by atoms with E-state index in [-0.39, 0.29) is 5.82 Å². The minimum Gasteiger partial charge on any atom is -0.316 e. The third-order valence-electron chi connectivity index (χ3n) is 3.42. The lowest BCUT2D eigenvalue weighted by Gasteiger charge is -2.21. The Morgan fingerprint density at radius 3 is 2.61 bits per heavy atom. The van der Waals surface area contributed by atoms with Crippen molar-refractivity contribution in [3.63, 3.8) is 0 Å². The Hall–Kier alpha value is -0.600. The molecular weight excluding hydrogens is 249 g/mol. The summed E-state index contributed by atoms with van der Waals surface area (Å²) in [4.78, 5) is 0. The lowest BCUT2D eigenvalue weighted by Crippen LogP contribution is -2.26. The van der Waals surface area contributed by atoms with E-state index >= 15 is 0 Å². The first-order valence-electron chi connectivity index (χ1n) is 6.69. The summed E-state index contributed by atoms with van der Waals surface area (Å²) in [5.41, 5.74) is 1.04. The first kappa shape index (κ1) is 15.5. The molecule has 0 heterocycles. The van der Waals surface area contributed by atoms with E-state index in [2.05, 4.69) is 26.1 Å². The van der Waals surface area contributed by atoms with Crippen LogP contribution in [-0.2, 0) is 6.42 Å². The number of nitrogens with one attached hydrogen (secondary N) is 1. The van der Waals surface area contributed by atoms with Crippen molar-refractivity contribution in [3.05, 3.63) is 34.6 Å². The molecule has 1 aromatic rings. The van der Waals surface area contributed by atoms with Crippen LogP contribution in [0.5, 0.6) is 0 Å². The number of hydrogen-bond donors (Lipinski definition) is 1. The molecule has 0 aliphatic rings. The molecule has 2 unspecified atom stereocenters. The highest BCUT2D eigenvalue weighted by atomic mass is 35.5. The monoisotopic (exact) mass is 271 g/mol. The Morgan fingerprint density at radius 1 is 1.28 bits per heavy atom. The number of rotatable bonds is 7. The summed E-state index contributed by atoms with van der Waals surface area (Å²) in [6, 6.07) is 4.66. The van der Waals surface area contributed by atoms with Gasteiger partial charge in [-0.3, -0.25) is 0 Å². The number of hydrogen-bond acceptors (Lipinski definition) is 1. The molecule has 2 atom stereocenters. The van der Waals surface area contributed by atoms with Crippen molar-refractivity contribution in [1.29, 1.82) is 0 Å². The van der Waals surface area contributed by atoms with Crippen LogP contribution in [0.25, 0.3) is 0 Å². The van der Waals surface area contributed by atoms with E-state index in [4.69, 9.17) is 11.6 Å². The van der Waals surface area contributed by atoms with Crippen molar-refractivity contribution in [1.82, 2.24) is 5.32 Å². The van der Waals surface area contributed by atoms with Crippen LogP contribution in [-0.4, -0.2) is 13.1 Å². The van der Waals surface area contributed by atoms with Gasteiger partial charge in [0.15, 0.2) is 0 Å². The molecule has 0 amide bonds. The maximum absolute atomic E-state index is 13.0. The van der Waals surface area contributed by atoms with Crippen LogP contribution in [0, 0.1) is 17.7 Å². The number of benzene rings is 1. The molecule has 0 aliphatic carbocycles. The van der Waals surface area contributed by atoms with Gasteiger partial charge in [0.2, 0.25) is 0 Å². The Morgan fingerprint density at radius 2 is 2.00 bits per heavy atom. The molecular formula is C15H23ClFN. The van der Waals surface area contributed by atoms with E-state index in [1.807, 2.05) is 0 Å². The van der Waals surface area contributed by atoms with Gasteiger partial charge in [0.25, 0.3) is 0 Å². The SMILES string of the molecule is CCCNCC(C)C(C)Cc1ccc(F)cc1Cl. The Labute approximate surface area is 115 Å². The zero-order valence-corrected chi connectivity index (χ0v) is 12.2. The van der Waals surface area contributed by atoms with E-state index in [9.17, 15) is 4.39 Å². The summed E-state index contributed by atoms with van der Waals surface area (Å²) < 4.78 is 13.0. The second-order valence-corrected chi connectivity index (χ2v) is 5.51. The quantitative estimate of drug-likeness (QED) is 0.730. The van der Waals surface area contributed by atoms with Crippen LogP contribution in [0.4, 0.5) is 4.39 Å². The predicted octanol–water partition coefficient (Wildman–Crippen LogP) is 4.29. The van der Waals surface area contributed by atoms with Gasteiger partial charge in [-0.2, -0.15) is 0 Å². The summed E-state index contributed by atoms with van der Waals surface area (Å²) in [5, 5.41) is 3.97. The van der Waals surface area contributed by atoms with Crippen LogP contribution in [0.1, 0.15) is 32.8 Å². The van der Waals surface area contributed by atoms with Gasteiger partial charge in [0, 0.05) is 5.02 Å². The maximum Gasteiger partial charge on any atom is 0.124 e. The average Bonchev–Trinajstić information content (AvgIpc) is 2.32. The molecule has 0 saturated heterocycles. The maximum atomic E-state index is 13.0. The molecule has 0 fully saturated rings. The van der Waals surface area contributed by atoms with Crippen molar-refractivity contribution in [2.24, 2.45) is 11.8 Å². The van der Waals surface area contributed by atoms with Gasteiger partial charge in [-0.1, -0.05) is 38.4 Å². The summed E-state index contributed by atoms with van der Waals surface area (Å²) in [7, 11) is 0. The topological polar surface area (TPSA) is 12.0 Å². The third-order valence-corrected chi connectivity index (χ3v) is 3.77. The van der Waals surface area contributed by atoms with Gasteiger partial charge < -0.3 is 5.32 Å². The summed E-state index contributed by atoms with van der Waals surface area (Å²) in [5.74, 6) is 0.837. The van der Waals surface area contributed by atoms with Crippen molar-refractivity contribution < 1.29 is 4.39 Å². The van der Waals surface area contributed by atoms with E-state index in [1.165, 1.54) is 12.1 Å². The molecule has 0 aliphatic heterocycles. The fourth-order valence-corrected chi connectivity index (χ4v) is 2.19. The highest BCUT2D eigenvalue weighted by Gasteiger charge is 2.14. The van der Waals surface area contributed by atoms with E-state index in [0.29, 0.717) is 16.9 Å². The van der Waals surface area contributed by atoms with Gasteiger partial charge in [-0.25, -0.2) is 4.39 Å². The Bertz CT molecular complexity index is 368. The van der Waals surface area contributed by atoms with Crippen LogP contribution >= 0.6 is 11.6 Å². The summed E-state index contributed by atoms with van der Waals surface area (Å²) in [6.45, 7) is 8.71. The largest absolute Gasteiger partial charge is 0.316 e. The van der Waals surface area contributed by atoms with E-state index in [0.717, 1.165) is 31.5 Å². The zero-order valence-electron chi connectivity index (χ0n) is 11.5. The first-order chi connectivity index (χ1) is 8.54. The molecule has 0 radical (unpaired) electrons. The van der Waals surface area contributed by atoms with Gasteiger partial charge in [-0.15, -0.1) is 0 Å². The molecule has 0 spiro atoms. The molecule has 1 nitrogen and oxygen atoms in total. The van der Waals surface area contributed by atoms with Crippen molar-refractivity contribution in [2.75, 3.05) is 13.1 Å². The molecule has 0 aromatic heterocycles. The highest BCUT2D eigenvalue weighted by Crippen LogP contribution is 2.23. The number of halogens is 2. The predicted molar refractivity (Wildman–Crippen MR) is 76.6 cm³/mol. The minimum absolute atomic E-state index is 0.269. The summed E-state index contributed by atoms with van der Waals surface area (Å²) in [6.07, 6.45) is 2.05. The van der Waals surface area contributed by atoms with Crippen LogP contribution in [0.2, 0.25) is 5.02 Å². The molecule has 0 bridgehead atoms. The smallest absolute Gasteiger partial charge is 0.124 e. The lowest BCUT2D eigenvalue weighted by molar-refractivity contribution is 0.365. The fourth-order valence-electron chi connectivity index (χ4n) is 1.94. The first-order valence-corrected chi connectivity index (χ1v) is 7.07. The van der Waals surface area contributed by atoms with Gasteiger partial charge in [0.05, 0.1) is 0 Å². The summed E-state index contributed by atoms with van der Waals surface area (Å²) >= 11 is 6.05. The highest BCUT2D eigenvalue weighted by molar-refractivity contribution is 6.31. The van der Waals surface area contributed by atoms with Gasteiger partial charge >= 0.3 is 0 Å². The average molecular weight is 272 g/mol. The lowest BCUT2D eigenvalue weighted by atomic mass is 9.89. The van der Waals surface area contributed by atoms with Gasteiger partial charge in [-0.05, 0) is 55.5 Å². The molecule has 3 heteroatoms. The second kappa shape index (κ2) is 7.75. The normalized spacial score (nSPS) is 14.5. The van der Waals surface area contributed by atoms with Crippen LogP contribution < -0.4 is 5.32 Å². The zero-order chi connectivity index (χ0) is 13.5. The molecule has 0 saturated carbocycles. The third kappa shape index (κ3) is 4.95. The molecule has 1 rings (SSSR count). The second-order valence-electron chi connectivity index (χ2n) is 5.10. The fraction of sp³-hybridized carbons (Fsp3) is 0.600. The minimum atomic E-state index is -0.269. The van der Waals surface area contributed by atoms with Crippen molar-refractivity contribution >= 4 is 11.6 Å². The molecule has 1 aromatic carbocycles. The van der Waals surface area contributed by atoms with Gasteiger partial charge in [0.1, 0.15) is 5.82 Å². The molecule has 102 valence electrons.